The van der Waals surface area contributed by atoms with Crippen LogP contribution in [-0.2, 0) is 9.59 Å². The first-order chi connectivity index (χ1) is 9.73. The Labute approximate surface area is 132 Å². The predicted octanol–water partition coefficient (Wildman–Crippen LogP) is 5.54. The number of hydrogen-bond donors (Lipinski definition) is 0. The fourth-order valence-electron chi connectivity index (χ4n) is 2.95. The maximum atomic E-state index is 12.4. The van der Waals surface area contributed by atoms with E-state index in [0.717, 1.165) is 44.9 Å². The van der Waals surface area contributed by atoms with Crippen LogP contribution in [-0.4, -0.2) is 11.6 Å². The lowest BCUT2D eigenvalue weighted by molar-refractivity contribution is -0.129. The summed E-state index contributed by atoms with van der Waals surface area (Å²) in [4.78, 5) is 24.5. The first-order valence-electron chi connectivity index (χ1n) is 8.59. The molecule has 0 aliphatic carbocycles. The number of hydrogen-bond acceptors (Lipinski definition) is 2. The Bertz CT molecular complexity index is 330. The zero-order valence-corrected chi connectivity index (χ0v) is 14.9. The second-order valence-electron chi connectivity index (χ2n) is 7.25. The number of carbonyl (C=O) groups excluding carboxylic acids is 2. The molecular weight excluding hydrogens is 260 g/mol. The van der Waals surface area contributed by atoms with Crippen LogP contribution < -0.4 is 0 Å². The van der Waals surface area contributed by atoms with Gasteiger partial charge >= 0.3 is 0 Å². The number of carbonyl (C=O) groups is 2. The Kier molecular flexibility index (Phi) is 9.08. The third-order valence-electron chi connectivity index (χ3n) is 4.64. The van der Waals surface area contributed by atoms with E-state index in [1.54, 1.807) is 0 Å². The van der Waals surface area contributed by atoms with Crippen molar-refractivity contribution in [3.8, 4) is 0 Å². The average Bonchev–Trinajstić information content (AvgIpc) is 2.39. The minimum atomic E-state index is -0.255. The molecule has 0 spiro atoms. The van der Waals surface area contributed by atoms with Crippen LogP contribution in [0.15, 0.2) is 0 Å². The van der Waals surface area contributed by atoms with Gasteiger partial charge in [0.05, 0.1) is 0 Å². The molecule has 21 heavy (non-hydrogen) atoms. The maximum Gasteiger partial charge on any atom is 0.138 e. The summed E-state index contributed by atoms with van der Waals surface area (Å²) in [7, 11) is 0. The largest absolute Gasteiger partial charge is 0.299 e. The minimum absolute atomic E-state index is 0.248. The lowest BCUT2D eigenvalue weighted by Crippen LogP contribution is -2.29. The molecule has 1 unspecified atom stereocenters. The number of Topliss-reactive ketones (excluding diaryl/α,β-unsaturated/α-hetero) is 2. The quantitative estimate of drug-likeness (QED) is 0.473. The van der Waals surface area contributed by atoms with E-state index in [2.05, 4.69) is 20.8 Å². The van der Waals surface area contributed by atoms with Crippen LogP contribution >= 0.6 is 0 Å². The van der Waals surface area contributed by atoms with Gasteiger partial charge in [-0.3, -0.25) is 9.59 Å². The van der Waals surface area contributed by atoms with Crippen molar-refractivity contribution in [3.05, 3.63) is 6.92 Å². The summed E-state index contributed by atoms with van der Waals surface area (Å²) in [6, 6.07) is 0. The fourth-order valence-corrected chi connectivity index (χ4v) is 2.95. The van der Waals surface area contributed by atoms with Gasteiger partial charge in [0.15, 0.2) is 0 Å². The Morgan fingerprint density at radius 3 is 1.86 bits per heavy atom. The molecule has 0 N–H and O–H groups in total. The third-order valence-corrected chi connectivity index (χ3v) is 4.64. The van der Waals surface area contributed by atoms with E-state index in [-0.39, 0.29) is 10.8 Å². The van der Waals surface area contributed by atoms with Crippen molar-refractivity contribution >= 4 is 11.6 Å². The van der Waals surface area contributed by atoms with Gasteiger partial charge in [0.2, 0.25) is 0 Å². The van der Waals surface area contributed by atoms with Gasteiger partial charge in [0.1, 0.15) is 11.6 Å². The smallest absolute Gasteiger partial charge is 0.138 e. The van der Waals surface area contributed by atoms with E-state index in [4.69, 9.17) is 0 Å². The van der Waals surface area contributed by atoms with E-state index < -0.39 is 0 Å². The van der Waals surface area contributed by atoms with Crippen LogP contribution in [0, 0.1) is 17.8 Å². The maximum absolute atomic E-state index is 12.4. The molecule has 0 saturated carbocycles. The summed E-state index contributed by atoms with van der Waals surface area (Å²) in [6.07, 6.45) is 7.49. The second kappa shape index (κ2) is 9.38. The van der Waals surface area contributed by atoms with E-state index in [1.165, 1.54) is 0 Å². The lowest BCUT2D eigenvalue weighted by atomic mass is 9.73. The fraction of sp³-hybridized carbons (Fsp3) is 0.842. The van der Waals surface area contributed by atoms with Crippen molar-refractivity contribution in [2.24, 2.45) is 10.8 Å². The summed E-state index contributed by atoms with van der Waals surface area (Å²) in [6.45, 7) is 14.2. The number of rotatable bonds is 12. The standard InChI is InChI=1S/C19H35O2/c1-7-11-16(20)18(4,5)14-10-15-19(6,13-9-3)17(21)12-8-2/h3,7-15H2,1-2,4-6H3. The van der Waals surface area contributed by atoms with E-state index in [9.17, 15) is 9.59 Å². The monoisotopic (exact) mass is 295 g/mol. The van der Waals surface area contributed by atoms with Crippen LogP contribution in [0.1, 0.15) is 92.4 Å². The van der Waals surface area contributed by atoms with Gasteiger partial charge in [0, 0.05) is 23.7 Å². The van der Waals surface area contributed by atoms with Crippen LogP contribution in [0.25, 0.3) is 0 Å². The van der Waals surface area contributed by atoms with Crippen molar-refractivity contribution < 1.29 is 9.59 Å². The van der Waals surface area contributed by atoms with E-state index in [0.29, 0.717) is 24.4 Å². The molecule has 0 fully saturated rings. The Balaban J connectivity index is 4.56. The SMILES string of the molecule is [CH2]CCC(C)(CCCC(C)(C)C(=O)CCC)C(=O)CCC. The first-order valence-corrected chi connectivity index (χ1v) is 8.59. The summed E-state index contributed by atoms with van der Waals surface area (Å²) < 4.78 is 0. The second-order valence-corrected chi connectivity index (χ2v) is 7.25. The van der Waals surface area contributed by atoms with E-state index >= 15 is 0 Å². The van der Waals surface area contributed by atoms with Crippen molar-refractivity contribution in [1.29, 1.82) is 0 Å². The highest BCUT2D eigenvalue weighted by molar-refractivity contribution is 5.84. The van der Waals surface area contributed by atoms with Crippen LogP contribution in [0.4, 0.5) is 0 Å². The molecule has 2 heteroatoms. The molecule has 0 aliphatic rings. The van der Waals surface area contributed by atoms with Crippen LogP contribution in [0.3, 0.4) is 0 Å². The van der Waals surface area contributed by atoms with Gasteiger partial charge < -0.3 is 0 Å². The van der Waals surface area contributed by atoms with Gasteiger partial charge in [-0.15, -0.1) is 0 Å². The van der Waals surface area contributed by atoms with Gasteiger partial charge in [-0.25, -0.2) is 0 Å². The molecule has 123 valence electrons. The average molecular weight is 295 g/mol. The third kappa shape index (κ3) is 6.76. The molecule has 0 rings (SSSR count). The van der Waals surface area contributed by atoms with Crippen LogP contribution in [0.2, 0.25) is 0 Å². The molecular formula is C19H35O2. The molecule has 1 atom stereocenters. The zero-order valence-electron chi connectivity index (χ0n) is 14.9. The van der Waals surface area contributed by atoms with Gasteiger partial charge in [-0.2, -0.15) is 0 Å². The van der Waals surface area contributed by atoms with E-state index in [1.807, 2.05) is 20.8 Å². The normalized spacial score (nSPS) is 14.8. The minimum Gasteiger partial charge on any atom is -0.299 e. The summed E-state index contributed by atoms with van der Waals surface area (Å²) in [5.74, 6) is 0.718. The highest BCUT2D eigenvalue weighted by Gasteiger charge is 2.32. The predicted molar refractivity (Wildman–Crippen MR) is 90.2 cm³/mol. The highest BCUT2D eigenvalue weighted by Crippen LogP contribution is 2.35. The van der Waals surface area contributed by atoms with Crippen molar-refractivity contribution in [1.82, 2.24) is 0 Å². The van der Waals surface area contributed by atoms with Crippen molar-refractivity contribution in [3.63, 3.8) is 0 Å². The van der Waals surface area contributed by atoms with Crippen molar-refractivity contribution in [2.75, 3.05) is 0 Å². The topological polar surface area (TPSA) is 34.1 Å². The molecule has 0 aliphatic heterocycles. The van der Waals surface area contributed by atoms with Crippen LogP contribution in [0.5, 0.6) is 0 Å². The summed E-state index contributed by atoms with van der Waals surface area (Å²) in [5.41, 5.74) is -0.503. The van der Waals surface area contributed by atoms with Gasteiger partial charge in [0.25, 0.3) is 0 Å². The molecule has 2 nitrogen and oxygen atoms in total. The highest BCUT2D eigenvalue weighted by atomic mass is 16.1. The Hall–Kier alpha value is -0.660. The summed E-state index contributed by atoms with van der Waals surface area (Å²) >= 11 is 0. The molecule has 0 saturated heterocycles. The number of ketones is 2. The molecule has 0 amide bonds. The molecule has 0 heterocycles. The molecule has 1 radical (unpaired) electrons. The van der Waals surface area contributed by atoms with Gasteiger partial charge in [-0.05, 0) is 32.1 Å². The molecule has 0 aromatic heterocycles. The Morgan fingerprint density at radius 2 is 1.38 bits per heavy atom. The zero-order chi connectivity index (χ0) is 16.5. The lowest BCUT2D eigenvalue weighted by Gasteiger charge is -2.30. The van der Waals surface area contributed by atoms with Gasteiger partial charge in [-0.1, -0.05) is 54.4 Å². The summed E-state index contributed by atoms with van der Waals surface area (Å²) in [5, 5.41) is 0. The van der Waals surface area contributed by atoms with Crippen molar-refractivity contribution in [2.45, 2.75) is 92.4 Å². The first kappa shape index (κ1) is 20.3. The molecule has 0 aromatic carbocycles. The molecule has 0 aromatic rings. The molecule has 0 bridgehead atoms. The Morgan fingerprint density at radius 1 is 0.857 bits per heavy atom.